The average Bonchev–Trinajstić information content (AvgIpc) is 3.03. The molecular formula is C34H37N2NaO6. The first-order chi connectivity index (χ1) is 20.4. The maximum atomic E-state index is 11.6. The van der Waals surface area contributed by atoms with Gasteiger partial charge in [-0.15, -0.1) is 0 Å². The molecule has 0 spiro atoms. The molecule has 43 heavy (non-hydrogen) atoms. The molecule has 0 aliphatic carbocycles. The topological polar surface area (TPSA) is 131 Å². The number of esters is 1. The number of hydrogen-bond acceptors (Lipinski definition) is 8. The maximum absolute atomic E-state index is 11.6. The third-order valence-corrected chi connectivity index (χ3v) is 6.47. The van der Waals surface area contributed by atoms with Crippen LogP contribution in [0.4, 0.5) is 0 Å². The van der Waals surface area contributed by atoms with E-state index < -0.39 is 24.2 Å². The molecule has 0 saturated heterocycles. The number of carboxylic acid groups (broad SMARTS) is 1. The minimum Gasteiger partial charge on any atom is -0.549 e. The number of hydrogen-bond donors (Lipinski definition) is 4. The zero-order valence-electron chi connectivity index (χ0n) is 24.5. The number of carbonyl (C=O) groups is 2. The molecule has 4 rings (SSSR count). The number of rotatable bonds is 13. The molecule has 0 aliphatic heterocycles. The van der Waals surface area contributed by atoms with Crippen LogP contribution in [0.2, 0.25) is 0 Å². The van der Waals surface area contributed by atoms with Crippen molar-refractivity contribution in [3.05, 3.63) is 144 Å². The second-order valence-electron chi connectivity index (χ2n) is 9.43. The van der Waals surface area contributed by atoms with Gasteiger partial charge in [-0.05, 0) is 29.2 Å². The summed E-state index contributed by atoms with van der Waals surface area (Å²) in [5.41, 5.74) is 3.27. The van der Waals surface area contributed by atoms with Gasteiger partial charge in [0, 0.05) is 6.54 Å². The van der Waals surface area contributed by atoms with Crippen molar-refractivity contribution in [3.8, 4) is 0 Å². The van der Waals surface area contributed by atoms with E-state index in [1.807, 2.05) is 109 Å². The van der Waals surface area contributed by atoms with Crippen molar-refractivity contribution in [1.29, 1.82) is 0 Å². The molecule has 220 valence electrons. The van der Waals surface area contributed by atoms with E-state index >= 15 is 0 Å². The molecular weight excluding hydrogens is 555 g/mol. The fourth-order valence-electron chi connectivity index (χ4n) is 4.43. The third kappa shape index (κ3) is 12.1. The minimum atomic E-state index is -1.20. The Balaban J connectivity index is 0.000000295. The first kappa shape index (κ1) is 35.9. The molecule has 0 fully saturated rings. The first-order valence-electron chi connectivity index (χ1n) is 13.8. The van der Waals surface area contributed by atoms with Crippen molar-refractivity contribution in [2.45, 2.75) is 31.2 Å². The monoisotopic (exact) mass is 592 g/mol. The largest absolute Gasteiger partial charge is 1.00 e. The van der Waals surface area contributed by atoms with E-state index in [-0.39, 0.29) is 54.7 Å². The molecule has 4 aromatic rings. The van der Waals surface area contributed by atoms with Crippen molar-refractivity contribution in [1.82, 2.24) is 10.6 Å². The van der Waals surface area contributed by atoms with E-state index in [1.54, 1.807) is 19.1 Å². The van der Waals surface area contributed by atoms with E-state index in [2.05, 4.69) is 10.6 Å². The Hall–Kier alpha value is -3.34. The van der Waals surface area contributed by atoms with Crippen molar-refractivity contribution in [2.75, 3.05) is 19.7 Å². The Morgan fingerprint density at radius 2 is 0.953 bits per heavy atom. The van der Waals surface area contributed by atoms with Gasteiger partial charge in [0.15, 0.2) is 0 Å². The fourth-order valence-corrected chi connectivity index (χ4v) is 4.43. The van der Waals surface area contributed by atoms with Gasteiger partial charge in [0.25, 0.3) is 0 Å². The van der Waals surface area contributed by atoms with Gasteiger partial charge in [0.05, 0.1) is 43.4 Å². The number of benzene rings is 4. The predicted octanol–water partition coefficient (Wildman–Crippen LogP) is 0.419. The van der Waals surface area contributed by atoms with E-state index in [0.717, 1.165) is 22.3 Å². The van der Waals surface area contributed by atoms with E-state index in [4.69, 9.17) is 4.74 Å². The van der Waals surface area contributed by atoms with Gasteiger partial charge >= 0.3 is 35.5 Å². The van der Waals surface area contributed by atoms with Gasteiger partial charge in [-0.25, -0.2) is 0 Å². The number of carbonyl (C=O) groups excluding carboxylic acids is 2. The number of aliphatic hydroxyl groups excluding tert-OH is 2. The quantitative estimate of drug-likeness (QED) is 0.130. The number of carboxylic acids is 1. The van der Waals surface area contributed by atoms with Crippen LogP contribution in [0.15, 0.2) is 121 Å². The SMILES string of the molecule is CCOC(=O)CN[C@@H](c1ccccc1)[C@@H](O)c1ccccc1.O=C([O-])CN[C@@H](c1ccccc1)[C@@H](O)c1ccccc1.[Na+]. The molecule has 4 N–H and O–H groups in total. The second-order valence-corrected chi connectivity index (χ2v) is 9.43. The summed E-state index contributed by atoms with van der Waals surface area (Å²) in [7, 11) is 0. The number of aliphatic hydroxyl groups is 2. The Morgan fingerprint density at radius 1 is 0.628 bits per heavy atom. The van der Waals surface area contributed by atoms with Crippen molar-refractivity contribution < 1.29 is 59.2 Å². The summed E-state index contributed by atoms with van der Waals surface area (Å²) in [5, 5.41) is 37.7. The number of ether oxygens (including phenoxy) is 1. The molecule has 8 nitrogen and oxygen atoms in total. The summed E-state index contributed by atoms with van der Waals surface area (Å²) >= 11 is 0. The molecule has 0 heterocycles. The standard InChI is InChI=1S/C18H21NO3.C16H17NO3.Na/c1-2-22-16(20)13-19-17(14-9-5-3-6-10-14)18(21)15-11-7-4-8-12-15;18-14(19)11-17-15(12-7-3-1-4-8-12)16(20)13-9-5-2-6-10-13;/h3-12,17-19,21H,2,13H2,1H3;1-10,15-17,20H,11H2,(H,18,19);/q;;+1/p-1/t17-,18-;15-,16-;/m00./s1. The van der Waals surface area contributed by atoms with Gasteiger partial charge in [0.1, 0.15) is 0 Å². The van der Waals surface area contributed by atoms with Crippen LogP contribution in [0, 0.1) is 0 Å². The molecule has 4 atom stereocenters. The van der Waals surface area contributed by atoms with Gasteiger partial charge < -0.3 is 30.2 Å². The maximum Gasteiger partial charge on any atom is 1.00 e. The van der Waals surface area contributed by atoms with Gasteiger partial charge in [-0.3, -0.25) is 10.1 Å². The molecule has 0 amide bonds. The molecule has 0 aromatic heterocycles. The Labute approximate surface area is 275 Å². The molecule has 0 radical (unpaired) electrons. The van der Waals surface area contributed by atoms with Crippen LogP contribution in [-0.2, 0) is 14.3 Å². The van der Waals surface area contributed by atoms with E-state index in [0.29, 0.717) is 6.61 Å². The summed E-state index contributed by atoms with van der Waals surface area (Å²) in [4.78, 5) is 22.2. The zero-order chi connectivity index (χ0) is 30.2. The Kier molecular flexibility index (Phi) is 16.5. The molecule has 0 unspecified atom stereocenters. The summed E-state index contributed by atoms with van der Waals surface area (Å²) in [6, 6.07) is 36.5. The molecule has 0 aliphatic rings. The Bertz CT molecular complexity index is 1330. The molecule has 4 aromatic carbocycles. The summed E-state index contributed by atoms with van der Waals surface area (Å²) < 4.78 is 4.93. The predicted molar refractivity (Wildman–Crippen MR) is 159 cm³/mol. The normalized spacial score (nSPS) is 13.2. The molecule has 0 saturated carbocycles. The van der Waals surface area contributed by atoms with Crippen molar-refractivity contribution in [3.63, 3.8) is 0 Å². The van der Waals surface area contributed by atoms with Crippen molar-refractivity contribution in [2.24, 2.45) is 0 Å². The van der Waals surface area contributed by atoms with E-state index in [9.17, 15) is 24.9 Å². The smallest absolute Gasteiger partial charge is 0.549 e. The summed E-state index contributed by atoms with van der Waals surface area (Å²) in [6.07, 6.45) is -1.59. The van der Waals surface area contributed by atoms with Gasteiger partial charge in [-0.1, -0.05) is 121 Å². The Morgan fingerprint density at radius 3 is 1.28 bits per heavy atom. The minimum absolute atomic E-state index is 0. The number of nitrogens with one attached hydrogen (secondary N) is 2. The average molecular weight is 593 g/mol. The van der Waals surface area contributed by atoms with Crippen LogP contribution in [0.1, 0.15) is 53.5 Å². The van der Waals surface area contributed by atoms with Gasteiger partial charge in [0.2, 0.25) is 0 Å². The molecule has 9 heteroatoms. The second kappa shape index (κ2) is 19.8. The van der Waals surface area contributed by atoms with Crippen LogP contribution >= 0.6 is 0 Å². The third-order valence-electron chi connectivity index (χ3n) is 6.47. The summed E-state index contributed by atoms with van der Waals surface area (Å²) in [6.45, 7) is 1.85. The number of aliphatic carboxylic acids is 1. The van der Waals surface area contributed by atoms with Crippen molar-refractivity contribution >= 4 is 11.9 Å². The molecule has 0 bridgehead atoms. The van der Waals surface area contributed by atoms with Crippen LogP contribution in [0.3, 0.4) is 0 Å². The van der Waals surface area contributed by atoms with Crippen LogP contribution < -0.4 is 45.3 Å². The van der Waals surface area contributed by atoms with Crippen LogP contribution in [0.25, 0.3) is 0 Å². The van der Waals surface area contributed by atoms with E-state index in [1.165, 1.54) is 0 Å². The first-order valence-corrected chi connectivity index (χ1v) is 13.8. The van der Waals surface area contributed by atoms with Gasteiger partial charge in [-0.2, -0.15) is 0 Å². The van der Waals surface area contributed by atoms with Crippen LogP contribution in [-0.4, -0.2) is 41.8 Å². The fraction of sp³-hybridized carbons (Fsp3) is 0.235. The van der Waals surface area contributed by atoms with Crippen LogP contribution in [0.5, 0.6) is 0 Å². The zero-order valence-corrected chi connectivity index (χ0v) is 26.5. The summed E-state index contributed by atoms with van der Waals surface area (Å²) in [5.74, 6) is -1.53.